The largest absolute Gasteiger partial charge is 0.353 e. The molecule has 0 bridgehead atoms. The minimum Gasteiger partial charge on any atom is -0.353 e. The highest BCUT2D eigenvalue weighted by Gasteiger charge is 2.19. The van der Waals surface area contributed by atoms with Crippen LogP contribution in [0, 0.1) is 0 Å². The molecule has 1 aliphatic rings. The zero-order valence-corrected chi connectivity index (χ0v) is 14.8. The average Bonchev–Trinajstić information content (AvgIpc) is 3.23. The smallest absolute Gasteiger partial charge is 0.189 e. The lowest BCUT2D eigenvalue weighted by Crippen LogP contribution is -2.47. The van der Waals surface area contributed by atoms with Gasteiger partial charge in [-0.05, 0) is 30.5 Å². The summed E-state index contributed by atoms with van der Waals surface area (Å²) < 4.78 is 1.78. The lowest BCUT2D eigenvalue weighted by molar-refractivity contribution is 0.636. The van der Waals surface area contributed by atoms with Crippen LogP contribution in [0.1, 0.15) is 0 Å². The fourth-order valence-electron chi connectivity index (χ4n) is 2.89. The first kappa shape index (κ1) is 15.9. The Balaban J connectivity index is 1.46. The summed E-state index contributed by atoms with van der Waals surface area (Å²) in [6, 6.07) is 9.93. The topological polar surface area (TPSA) is 63.0 Å². The number of hydrogen-bond donors (Lipinski definition) is 0. The Morgan fingerprint density at radius 1 is 0.840 bits per heavy atom. The van der Waals surface area contributed by atoms with Crippen molar-refractivity contribution in [1.29, 1.82) is 0 Å². The molecule has 1 saturated heterocycles. The van der Waals surface area contributed by atoms with E-state index < -0.39 is 0 Å². The highest BCUT2D eigenvalue weighted by Crippen LogP contribution is 2.20. The van der Waals surface area contributed by atoms with Crippen molar-refractivity contribution in [2.45, 2.75) is 5.16 Å². The van der Waals surface area contributed by atoms with Gasteiger partial charge in [0.2, 0.25) is 0 Å². The van der Waals surface area contributed by atoms with Crippen LogP contribution in [0.2, 0.25) is 0 Å². The molecule has 8 heteroatoms. The summed E-state index contributed by atoms with van der Waals surface area (Å²) >= 11 is 1.57. The molecule has 1 fully saturated rings. The Bertz CT molecular complexity index is 829. The van der Waals surface area contributed by atoms with Crippen LogP contribution in [-0.2, 0) is 0 Å². The maximum Gasteiger partial charge on any atom is 0.189 e. The van der Waals surface area contributed by atoms with Crippen LogP contribution in [0.15, 0.2) is 54.1 Å². The van der Waals surface area contributed by atoms with E-state index in [1.165, 1.54) is 0 Å². The van der Waals surface area contributed by atoms with Gasteiger partial charge in [0, 0.05) is 44.8 Å². The molecule has 0 unspecified atom stereocenters. The molecule has 0 aromatic carbocycles. The van der Waals surface area contributed by atoms with Crippen LogP contribution in [0.5, 0.6) is 0 Å². The van der Waals surface area contributed by atoms with Crippen LogP contribution in [0.3, 0.4) is 0 Å². The fourth-order valence-corrected chi connectivity index (χ4v) is 3.24. The van der Waals surface area contributed by atoms with Crippen molar-refractivity contribution in [3.63, 3.8) is 0 Å². The lowest BCUT2D eigenvalue weighted by Gasteiger charge is -2.36. The van der Waals surface area contributed by atoms with E-state index >= 15 is 0 Å². The Kier molecular flexibility index (Phi) is 4.51. The van der Waals surface area contributed by atoms with Gasteiger partial charge < -0.3 is 9.80 Å². The summed E-state index contributed by atoms with van der Waals surface area (Å²) in [5.41, 5.74) is 0. The van der Waals surface area contributed by atoms with Gasteiger partial charge in [-0.3, -0.25) is 0 Å². The predicted molar refractivity (Wildman–Crippen MR) is 99.6 cm³/mol. The predicted octanol–water partition coefficient (Wildman–Crippen LogP) is 2.11. The van der Waals surface area contributed by atoms with E-state index in [0.29, 0.717) is 0 Å². The summed E-state index contributed by atoms with van der Waals surface area (Å²) in [5, 5.41) is 5.07. The molecule has 0 amide bonds. The highest BCUT2D eigenvalue weighted by atomic mass is 32.2. The first-order valence-electron chi connectivity index (χ1n) is 8.17. The molecule has 4 rings (SSSR count). The molecule has 0 radical (unpaired) electrons. The standard InChI is InChI=1S/C17H19N7S/c1-25-17-18-8-6-15(21-17)23-12-10-22(11-13-23)14-4-2-5-16(20-14)24-9-3-7-19-24/h2-9H,10-13H2,1H3. The molecule has 128 valence electrons. The molecule has 0 N–H and O–H groups in total. The minimum atomic E-state index is 0.813. The van der Waals surface area contributed by atoms with Crippen LogP contribution < -0.4 is 9.80 Å². The van der Waals surface area contributed by atoms with E-state index in [-0.39, 0.29) is 0 Å². The third kappa shape index (κ3) is 3.43. The number of nitrogens with zero attached hydrogens (tertiary/aromatic N) is 7. The summed E-state index contributed by atoms with van der Waals surface area (Å²) in [7, 11) is 0. The van der Waals surface area contributed by atoms with E-state index in [0.717, 1.165) is 48.8 Å². The third-order valence-corrected chi connectivity index (χ3v) is 4.75. The number of pyridine rings is 1. The van der Waals surface area contributed by atoms with Crippen molar-refractivity contribution in [2.75, 3.05) is 42.2 Å². The van der Waals surface area contributed by atoms with Gasteiger partial charge in [0.05, 0.1) is 0 Å². The molecule has 7 nitrogen and oxygen atoms in total. The van der Waals surface area contributed by atoms with E-state index in [9.17, 15) is 0 Å². The second kappa shape index (κ2) is 7.10. The maximum atomic E-state index is 4.74. The van der Waals surface area contributed by atoms with Crippen molar-refractivity contribution < 1.29 is 0 Å². The van der Waals surface area contributed by atoms with Crippen molar-refractivity contribution in [3.8, 4) is 5.82 Å². The Morgan fingerprint density at radius 3 is 2.24 bits per heavy atom. The van der Waals surface area contributed by atoms with Gasteiger partial charge in [0.25, 0.3) is 0 Å². The third-order valence-electron chi connectivity index (χ3n) is 4.19. The van der Waals surface area contributed by atoms with Crippen LogP contribution in [0.25, 0.3) is 5.82 Å². The molecule has 0 aliphatic carbocycles. The molecule has 3 aromatic heterocycles. The molecule has 1 aliphatic heterocycles. The zero-order valence-electron chi connectivity index (χ0n) is 14.0. The zero-order chi connectivity index (χ0) is 17.1. The normalized spacial score (nSPS) is 14.8. The molecule has 0 saturated carbocycles. The first-order valence-corrected chi connectivity index (χ1v) is 9.40. The van der Waals surface area contributed by atoms with Gasteiger partial charge in [0.15, 0.2) is 11.0 Å². The van der Waals surface area contributed by atoms with E-state index in [4.69, 9.17) is 4.98 Å². The van der Waals surface area contributed by atoms with Gasteiger partial charge in [-0.2, -0.15) is 5.10 Å². The van der Waals surface area contributed by atoms with Gasteiger partial charge in [-0.25, -0.2) is 19.6 Å². The van der Waals surface area contributed by atoms with Crippen molar-refractivity contribution in [1.82, 2.24) is 24.7 Å². The van der Waals surface area contributed by atoms with Crippen LogP contribution >= 0.6 is 11.8 Å². The quantitative estimate of drug-likeness (QED) is 0.526. The van der Waals surface area contributed by atoms with Crippen LogP contribution in [-0.4, -0.2) is 57.2 Å². The monoisotopic (exact) mass is 353 g/mol. The van der Waals surface area contributed by atoms with E-state index in [1.54, 1.807) is 22.6 Å². The average molecular weight is 353 g/mol. The fraction of sp³-hybridized carbons (Fsp3) is 0.294. The molecule has 0 spiro atoms. The molecule has 4 heterocycles. The van der Waals surface area contributed by atoms with E-state index in [1.807, 2.05) is 42.9 Å². The van der Waals surface area contributed by atoms with Crippen LogP contribution in [0.4, 0.5) is 11.6 Å². The minimum absolute atomic E-state index is 0.813. The van der Waals surface area contributed by atoms with Gasteiger partial charge in [0.1, 0.15) is 11.6 Å². The molecular formula is C17H19N7S. The molecular weight excluding hydrogens is 334 g/mol. The lowest BCUT2D eigenvalue weighted by atomic mass is 10.3. The summed E-state index contributed by atoms with van der Waals surface area (Å²) in [5.74, 6) is 2.82. The SMILES string of the molecule is CSc1nccc(N2CCN(c3cccc(-n4cccn4)n3)CC2)n1. The Labute approximate surface area is 150 Å². The highest BCUT2D eigenvalue weighted by molar-refractivity contribution is 7.98. The van der Waals surface area contributed by atoms with Crippen molar-refractivity contribution in [3.05, 3.63) is 48.9 Å². The van der Waals surface area contributed by atoms with Crippen molar-refractivity contribution in [2.24, 2.45) is 0 Å². The molecule has 3 aromatic rings. The second-order valence-corrected chi connectivity index (χ2v) is 6.45. The second-order valence-electron chi connectivity index (χ2n) is 5.68. The Hall–Kier alpha value is -2.61. The van der Waals surface area contributed by atoms with Gasteiger partial charge in [-0.1, -0.05) is 17.8 Å². The number of thioether (sulfide) groups is 1. The summed E-state index contributed by atoms with van der Waals surface area (Å²) in [6.45, 7) is 3.65. The first-order chi connectivity index (χ1) is 12.3. The molecule has 0 atom stereocenters. The number of piperazine rings is 1. The Morgan fingerprint density at radius 2 is 1.56 bits per heavy atom. The van der Waals surface area contributed by atoms with Crippen molar-refractivity contribution >= 4 is 23.4 Å². The maximum absolute atomic E-state index is 4.74. The van der Waals surface area contributed by atoms with Gasteiger partial charge >= 0.3 is 0 Å². The number of rotatable bonds is 4. The number of anilines is 2. The van der Waals surface area contributed by atoms with E-state index in [2.05, 4.69) is 30.9 Å². The summed E-state index contributed by atoms with van der Waals surface area (Å²) in [6.07, 6.45) is 7.49. The number of hydrogen-bond acceptors (Lipinski definition) is 7. The number of aromatic nitrogens is 5. The molecule has 25 heavy (non-hydrogen) atoms. The van der Waals surface area contributed by atoms with Gasteiger partial charge in [-0.15, -0.1) is 0 Å². The summed E-state index contributed by atoms with van der Waals surface area (Å²) in [4.78, 5) is 18.2.